The zero-order valence-corrected chi connectivity index (χ0v) is 18.8. The molecule has 36 heavy (non-hydrogen) atoms. The number of benzene rings is 3. The summed E-state index contributed by atoms with van der Waals surface area (Å²) >= 11 is 0. The lowest BCUT2D eigenvalue weighted by molar-refractivity contribution is -0.127. The van der Waals surface area contributed by atoms with E-state index in [1.165, 1.54) is 18.3 Å². The minimum absolute atomic E-state index is 0.141. The molecule has 0 fully saturated rings. The van der Waals surface area contributed by atoms with Gasteiger partial charge >= 0.3 is 0 Å². The van der Waals surface area contributed by atoms with E-state index in [0.29, 0.717) is 22.8 Å². The summed E-state index contributed by atoms with van der Waals surface area (Å²) in [6, 6.07) is 21.2. The van der Waals surface area contributed by atoms with E-state index in [9.17, 15) is 14.4 Å². The zero-order chi connectivity index (χ0) is 25.1. The monoisotopic (exact) mass is 477 g/mol. The number of amides is 1. The van der Waals surface area contributed by atoms with Gasteiger partial charge < -0.3 is 20.8 Å². The molecular weight excluding hydrogens is 458 g/mol. The Morgan fingerprint density at radius 3 is 2.58 bits per heavy atom. The number of nitrogens with two attached hydrogens (primary N) is 1. The van der Waals surface area contributed by atoms with Gasteiger partial charge in [0.2, 0.25) is 18.1 Å². The molecule has 1 amide bonds. The van der Waals surface area contributed by atoms with E-state index in [4.69, 9.17) is 10.5 Å². The van der Waals surface area contributed by atoms with E-state index in [1.54, 1.807) is 36.5 Å². The van der Waals surface area contributed by atoms with Crippen molar-refractivity contribution in [1.29, 1.82) is 0 Å². The summed E-state index contributed by atoms with van der Waals surface area (Å²) in [5, 5.41) is 3.32. The van der Waals surface area contributed by atoms with Gasteiger partial charge in [-0.1, -0.05) is 24.3 Å². The number of nitrogens with one attached hydrogen (secondary N) is 2. The Labute approximate surface area is 204 Å². The van der Waals surface area contributed by atoms with Crippen LogP contribution in [-0.4, -0.2) is 27.1 Å². The van der Waals surface area contributed by atoms with Crippen molar-refractivity contribution in [3.05, 3.63) is 95.4 Å². The van der Waals surface area contributed by atoms with E-state index < -0.39 is 5.91 Å². The Bertz CT molecular complexity index is 1660. The van der Waals surface area contributed by atoms with E-state index in [0.717, 1.165) is 27.6 Å². The van der Waals surface area contributed by atoms with Gasteiger partial charge in [-0.15, -0.1) is 0 Å². The summed E-state index contributed by atoms with van der Waals surface area (Å²) in [4.78, 5) is 45.3. The number of carbonyl (C=O) groups is 2. The minimum Gasteiger partial charge on any atom is -0.441 e. The number of aromatic amines is 1. The highest BCUT2D eigenvalue weighted by atomic mass is 16.5. The number of anilines is 2. The lowest BCUT2D eigenvalue weighted by atomic mass is 9.95. The molecule has 4 N–H and O–H groups in total. The van der Waals surface area contributed by atoms with Gasteiger partial charge in [0.25, 0.3) is 5.91 Å². The van der Waals surface area contributed by atoms with Gasteiger partial charge in [0, 0.05) is 41.2 Å². The van der Waals surface area contributed by atoms with Crippen molar-refractivity contribution in [3.8, 4) is 33.9 Å². The lowest BCUT2D eigenvalue weighted by Crippen LogP contribution is -2.11. The second kappa shape index (κ2) is 9.51. The van der Waals surface area contributed by atoms with Gasteiger partial charge in [0.05, 0.1) is 5.52 Å². The highest BCUT2D eigenvalue weighted by Crippen LogP contribution is 2.35. The van der Waals surface area contributed by atoms with Crippen LogP contribution in [0.5, 0.6) is 11.6 Å². The summed E-state index contributed by atoms with van der Waals surface area (Å²) in [6.07, 6.45) is 3.40. The molecule has 0 bridgehead atoms. The van der Waals surface area contributed by atoms with Crippen LogP contribution >= 0.6 is 0 Å². The Morgan fingerprint density at radius 1 is 0.972 bits per heavy atom. The summed E-state index contributed by atoms with van der Waals surface area (Å²) in [6.45, 7) is 0. The largest absolute Gasteiger partial charge is 0.441 e. The van der Waals surface area contributed by atoms with E-state index >= 15 is 0 Å². The van der Waals surface area contributed by atoms with Crippen molar-refractivity contribution in [2.24, 2.45) is 0 Å². The fraction of sp³-hybridized carbons (Fsp3) is 0. The first kappa shape index (κ1) is 22.5. The molecule has 0 saturated heterocycles. The van der Waals surface area contributed by atoms with Crippen LogP contribution in [0.4, 0.5) is 11.6 Å². The Kier molecular flexibility index (Phi) is 5.94. The predicted octanol–water partition coefficient (Wildman–Crippen LogP) is 4.16. The molecule has 9 heteroatoms. The van der Waals surface area contributed by atoms with E-state index in [-0.39, 0.29) is 17.7 Å². The van der Waals surface area contributed by atoms with Crippen molar-refractivity contribution in [2.75, 3.05) is 11.1 Å². The molecule has 2 heterocycles. The van der Waals surface area contributed by atoms with Crippen LogP contribution in [0.15, 0.2) is 90.0 Å². The maximum absolute atomic E-state index is 11.5. The van der Waals surface area contributed by atoms with Gasteiger partial charge in [-0.25, -0.2) is 9.97 Å². The lowest BCUT2D eigenvalue weighted by Gasteiger charge is -2.12. The number of rotatable bonds is 6. The normalized spacial score (nSPS) is 10.7. The average Bonchev–Trinajstić information content (AvgIpc) is 2.88. The molecule has 0 unspecified atom stereocenters. The fourth-order valence-corrected chi connectivity index (χ4v) is 3.81. The minimum atomic E-state index is -0.737. The second-order valence-electron chi connectivity index (χ2n) is 7.89. The highest BCUT2D eigenvalue weighted by molar-refractivity contribution is 6.29. The van der Waals surface area contributed by atoms with Crippen LogP contribution in [0.25, 0.3) is 33.2 Å². The Morgan fingerprint density at radius 2 is 1.81 bits per heavy atom. The maximum atomic E-state index is 11.5. The van der Waals surface area contributed by atoms with Crippen LogP contribution in [-0.2, 0) is 9.59 Å². The first-order valence-corrected chi connectivity index (χ1v) is 10.9. The third kappa shape index (κ3) is 4.80. The maximum Gasteiger partial charge on any atom is 0.288 e. The summed E-state index contributed by atoms with van der Waals surface area (Å²) in [5.41, 5.74) is 10.2. The molecule has 0 spiro atoms. The summed E-state index contributed by atoms with van der Waals surface area (Å²) < 4.78 is 5.73. The smallest absolute Gasteiger partial charge is 0.288 e. The zero-order valence-electron chi connectivity index (χ0n) is 18.8. The van der Waals surface area contributed by atoms with Crippen molar-refractivity contribution in [3.63, 3.8) is 0 Å². The quantitative estimate of drug-likeness (QED) is 0.246. The number of ether oxygens (including phenoxy) is 1. The summed E-state index contributed by atoms with van der Waals surface area (Å²) in [5.74, 6) is 0.317. The number of nitrogen functional groups attached to an aromatic ring is 1. The molecule has 0 aliphatic rings. The molecule has 0 aliphatic carbocycles. The molecule has 0 saturated carbocycles. The summed E-state index contributed by atoms with van der Waals surface area (Å²) in [7, 11) is 0. The molecule has 5 aromatic rings. The second-order valence-corrected chi connectivity index (χ2v) is 7.89. The first-order valence-electron chi connectivity index (χ1n) is 10.9. The average molecular weight is 477 g/mol. The van der Waals surface area contributed by atoms with Gasteiger partial charge in [-0.05, 0) is 53.1 Å². The Hall–Kier alpha value is -5.31. The van der Waals surface area contributed by atoms with Crippen molar-refractivity contribution < 1.29 is 14.3 Å². The number of carbonyl (C=O) groups excluding carboxylic acids is 2. The topological polar surface area (TPSA) is 140 Å². The molecular formula is C27H19N5O4. The Balaban J connectivity index is 1.55. The predicted molar refractivity (Wildman–Crippen MR) is 137 cm³/mol. The molecule has 3 aromatic carbocycles. The first-order chi connectivity index (χ1) is 17.5. The van der Waals surface area contributed by atoms with Gasteiger partial charge in [-0.2, -0.15) is 0 Å². The number of fused-ring (bicyclic) bond motifs is 1. The fourth-order valence-electron chi connectivity index (χ4n) is 3.81. The third-order valence-electron chi connectivity index (χ3n) is 5.41. The van der Waals surface area contributed by atoms with E-state index in [1.807, 2.05) is 30.3 Å². The van der Waals surface area contributed by atoms with Crippen LogP contribution in [0.2, 0.25) is 0 Å². The number of hydrogen-bond donors (Lipinski definition) is 3. The number of pyridine rings is 1. The molecule has 5 rings (SSSR count). The van der Waals surface area contributed by atoms with Crippen LogP contribution in [0.3, 0.4) is 0 Å². The van der Waals surface area contributed by atoms with Crippen molar-refractivity contribution in [1.82, 2.24) is 15.0 Å². The number of H-pyrrole nitrogens is 1. The van der Waals surface area contributed by atoms with Gasteiger partial charge in [0.1, 0.15) is 5.75 Å². The molecule has 0 radical (unpaired) electrons. The molecule has 0 aliphatic heterocycles. The van der Waals surface area contributed by atoms with Crippen molar-refractivity contribution >= 4 is 34.7 Å². The number of hydrogen-bond acceptors (Lipinski definition) is 7. The number of nitrogens with zero attached hydrogens (tertiary/aromatic N) is 2. The SMILES string of the molecule is Nc1ncc2cc(-c3ccc(Oc4cc(=O)cc[nH]4)cc3)cc(-c3cccc(NC(=O)C=O)c3)c2n1. The van der Waals surface area contributed by atoms with Gasteiger partial charge in [0.15, 0.2) is 5.43 Å². The molecule has 2 aromatic heterocycles. The molecule has 0 atom stereocenters. The standard InChI is InChI=1S/C27H19N5O4/c28-27-30-14-19-10-18(16-4-6-22(7-5-16)36-25-13-21(34)8-9-29-25)12-23(26(19)32-27)17-2-1-3-20(11-17)31-24(35)15-33/h1-15H,(H,29,34)(H,31,35)(H2,28,30,32). The third-order valence-corrected chi connectivity index (χ3v) is 5.41. The van der Waals surface area contributed by atoms with Crippen LogP contribution in [0.1, 0.15) is 0 Å². The number of aromatic nitrogens is 3. The molecule has 9 nitrogen and oxygen atoms in total. The van der Waals surface area contributed by atoms with Crippen molar-refractivity contribution in [2.45, 2.75) is 0 Å². The van der Waals surface area contributed by atoms with E-state index in [2.05, 4.69) is 20.3 Å². The van der Waals surface area contributed by atoms with Crippen LogP contribution < -0.4 is 21.2 Å². The van der Waals surface area contributed by atoms with Gasteiger partial charge in [-0.3, -0.25) is 14.4 Å². The highest BCUT2D eigenvalue weighted by Gasteiger charge is 2.12. The molecule has 176 valence electrons. The number of aldehydes is 1. The van der Waals surface area contributed by atoms with Crippen LogP contribution in [0, 0.1) is 0 Å².